The molecular weight excluding hydrogens is 238 g/mol. The molecular formula is C9H6F6O. The van der Waals surface area contributed by atoms with Crippen LogP contribution in [0.25, 0.3) is 0 Å². The third kappa shape index (κ3) is 2.66. The van der Waals surface area contributed by atoms with Crippen LogP contribution in [-0.2, 0) is 6.18 Å². The summed E-state index contributed by atoms with van der Waals surface area (Å²) in [5, 5.41) is 8.81. The van der Waals surface area contributed by atoms with Crippen LogP contribution in [0.15, 0.2) is 18.2 Å². The third-order valence-corrected chi connectivity index (χ3v) is 1.88. The van der Waals surface area contributed by atoms with Crippen molar-refractivity contribution >= 4 is 0 Å². The van der Waals surface area contributed by atoms with Gasteiger partial charge in [0.25, 0.3) is 6.43 Å². The fourth-order valence-electron chi connectivity index (χ4n) is 1.08. The second-order valence-electron chi connectivity index (χ2n) is 3.01. The van der Waals surface area contributed by atoms with E-state index in [2.05, 4.69) is 0 Å². The summed E-state index contributed by atoms with van der Waals surface area (Å²) < 4.78 is 73.5. The topological polar surface area (TPSA) is 20.2 Å². The van der Waals surface area contributed by atoms with Crippen LogP contribution in [0.5, 0.6) is 0 Å². The lowest BCUT2D eigenvalue weighted by molar-refractivity contribution is -0.137. The predicted octanol–water partition coefficient (Wildman–Crippen LogP) is 3.14. The van der Waals surface area contributed by atoms with Crippen LogP contribution in [0.3, 0.4) is 0 Å². The van der Waals surface area contributed by atoms with Gasteiger partial charge in [-0.3, -0.25) is 0 Å². The summed E-state index contributed by atoms with van der Waals surface area (Å²) in [4.78, 5) is 0. The van der Waals surface area contributed by atoms with E-state index < -0.39 is 35.6 Å². The molecule has 0 aliphatic carbocycles. The standard InChI is InChI=1S/C9H6F6O/c10-6-2-1-4(9(13,14)15)3-5(6)7(16)8(11)12/h1-3,7-8,16H. The quantitative estimate of drug-likeness (QED) is 0.792. The van der Waals surface area contributed by atoms with Crippen molar-refractivity contribution in [2.45, 2.75) is 18.7 Å². The van der Waals surface area contributed by atoms with Gasteiger partial charge < -0.3 is 5.11 Å². The highest BCUT2D eigenvalue weighted by atomic mass is 19.4. The minimum Gasteiger partial charge on any atom is -0.382 e. The number of alkyl halides is 5. The van der Waals surface area contributed by atoms with Crippen molar-refractivity contribution < 1.29 is 31.4 Å². The zero-order valence-electron chi connectivity index (χ0n) is 7.60. The molecule has 0 saturated carbocycles. The van der Waals surface area contributed by atoms with Gasteiger partial charge in [-0.15, -0.1) is 0 Å². The van der Waals surface area contributed by atoms with E-state index in [4.69, 9.17) is 5.11 Å². The molecule has 1 nitrogen and oxygen atoms in total. The average Bonchev–Trinajstić information content (AvgIpc) is 2.15. The number of rotatable bonds is 2. The normalized spacial score (nSPS) is 14.2. The fraction of sp³-hybridized carbons (Fsp3) is 0.333. The van der Waals surface area contributed by atoms with Gasteiger partial charge in [-0.05, 0) is 18.2 Å². The van der Waals surface area contributed by atoms with Crippen molar-refractivity contribution in [2.75, 3.05) is 0 Å². The lowest BCUT2D eigenvalue weighted by Gasteiger charge is -2.13. The van der Waals surface area contributed by atoms with Gasteiger partial charge >= 0.3 is 6.18 Å². The van der Waals surface area contributed by atoms with Crippen LogP contribution < -0.4 is 0 Å². The van der Waals surface area contributed by atoms with Crippen LogP contribution in [-0.4, -0.2) is 11.5 Å². The first-order valence-electron chi connectivity index (χ1n) is 4.06. The summed E-state index contributed by atoms with van der Waals surface area (Å²) in [5.41, 5.74) is -2.35. The summed E-state index contributed by atoms with van der Waals surface area (Å²) in [6.45, 7) is 0. The molecule has 1 unspecified atom stereocenters. The zero-order valence-corrected chi connectivity index (χ0v) is 7.60. The summed E-state index contributed by atoms with van der Waals surface area (Å²) in [5.74, 6) is -1.30. The monoisotopic (exact) mass is 244 g/mol. The Balaban J connectivity index is 3.19. The van der Waals surface area contributed by atoms with Crippen molar-refractivity contribution in [3.63, 3.8) is 0 Å². The lowest BCUT2D eigenvalue weighted by Crippen LogP contribution is -2.13. The molecule has 0 aliphatic rings. The average molecular weight is 244 g/mol. The fourth-order valence-corrected chi connectivity index (χ4v) is 1.08. The highest BCUT2D eigenvalue weighted by Gasteiger charge is 2.33. The number of hydrogen-bond acceptors (Lipinski definition) is 1. The Morgan fingerprint density at radius 3 is 2.12 bits per heavy atom. The van der Waals surface area contributed by atoms with E-state index in [1.54, 1.807) is 0 Å². The van der Waals surface area contributed by atoms with Gasteiger partial charge in [-0.2, -0.15) is 13.2 Å². The van der Waals surface area contributed by atoms with Crippen molar-refractivity contribution in [3.05, 3.63) is 35.1 Å². The SMILES string of the molecule is OC(c1cc(C(F)(F)F)ccc1F)C(F)F. The van der Waals surface area contributed by atoms with Crippen molar-refractivity contribution in [3.8, 4) is 0 Å². The summed E-state index contributed by atoms with van der Waals surface area (Å²) in [6, 6.07) is 0.979. The Morgan fingerprint density at radius 2 is 1.69 bits per heavy atom. The highest BCUT2D eigenvalue weighted by Crippen LogP contribution is 2.33. The Hall–Kier alpha value is -1.24. The van der Waals surface area contributed by atoms with Gasteiger partial charge in [0, 0.05) is 5.56 Å². The molecule has 7 heteroatoms. The summed E-state index contributed by atoms with van der Waals surface area (Å²) in [6.07, 6.45) is -10.7. The maximum atomic E-state index is 12.9. The molecule has 0 heterocycles. The Labute approximate surface area is 86.3 Å². The molecule has 1 aromatic carbocycles. The number of halogens is 6. The Bertz CT molecular complexity index is 373. The van der Waals surface area contributed by atoms with Crippen LogP contribution in [0.1, 0.15) is 17.2 Å². The van der Waals surface area contributed by atoms with Crippen molar-refractivity contribution in [1.82, 2.24) is 0 Å². The number of hydrogen-bond donors (Lipinski definition) is 1. The summed E-state index contributed by atoms with van der Waals surface area (Å²) in [7, 11) is 0. The molecule has 0 bridgehead atoms. The number of aliphatic hydroxyl groups excluding tert-OH is 1. The van der Waals surface area contributed by atoms with Crippen LogP contribution in [0, 0.1) is 5.82 Å². The largest absolute Gasteiger partial charge is 0.416 e. The van der Waals surface area contributed by atoms with Gasteiger partial charge in [-0.25, -0.2) is 13.2 Å². The van der Waals surface area contributed by atoms with Crippen LogP contribution in [0.2, 0.25) is 0 Å². The zero-order chi connectivity index (χ0) is 12.5. The smallest absolute Gasteiger partial charge is 0.382 e. The van der Waals surface area contributed by atoms with Gasteiger partial charge in [0.15, 0.2) is 0 Å². The molecule has 1 N–H and O–H groups in total. The minimum atomic E-state index is -4.77. The van der Waals surface area contributed by atoms with E-state index >= 15 is 0 Å². The van der Waals surface area contributed by atoms with E-state index in [-0.39, 0.29) is 6.07 Å². The minimum absolute atomic E-state index is 0.173. The van der Waals surface area contributed by atoms with E-state index in [1.807, 2.05) is 0 Å². The Morgan fingerprint density at radius 1 is 1.12 bits per heavy atom. The molecule has 0 aromatic heterocycles. The predicted molar refractivity (Wildman–Crippen MR) is 42.4 cm³/mol. The maximum Gasteiger partial charge on any atom is 0.416 e. The molecule has 1 aromatic rings. The third-order valence-electron chi connectivity index (χ3n) is 1.88. The van der Waals surface area contributed by atoms with E-state index in [0.29, 0.717) is 12.1 Å². The molecule has 1 rings (SSSR count). The van der Waals surface area contributed by atoms with Crippen molar-refractivity contribution in [2.24, 2.45) is 0 Å². The summed E-state index contributed by atoms with van der Waals surface area (Å²) >= 11 is 0. The maximum absolute atomic E-state index is 12.9. The van der Waals surface area contributed by atoms with Gasteiger partial charge in [-0.1, -0.05) is 0 Å². The van der Waals surface area contributed by atoms with Gasteiger partial charge in [0.2, 0.25) is 0 Å². The van der Waals surface area contributed by atoms with Gasteiger partial charge in [0.05, 0.1) is 5.56 Å². The molecule has 0 fully saturated rings. The second kappa shape index (κ2) is 4.32. The molecule has 0 radical (unpaired) electrons. The molecule has 90 valence electrons. The van der Waals surface area contributed by atoms with Crippen LogP contribution >= 0.6 is 0 Å². The van der Waals surface area contributed by atoms with E-state index in [1.165, 1.54) is 0 Å². The van der Waals surface area contributed by atoms with E-state index in [0.717, 1.165) is 0 Å². The highest BCUT2D eigenvalue weighted by molar-refractivity contribution is 5.29. The molecule has 1 atom stereocenters. The molecule has 0 aliphatic heterocycles. The Kier molecular flexibility index (Phi) is 3.47. The molecule has 16 heavy (non-hydrogen) atoms. The van der Waals surface area contributed by atoms with Gasteiger partial charge in [0.1, 0.15) is 11.9 Å². The second-order valence-corrected chi connectivity index (χ2v) is 3.01. The molecule has 0 spiro atoms. The molecule has 0 saturated heterocycles. The molecule has 0 amide bonds. The first-order valence-corrected chi connectivity index (χ1v) is 4.06. The van der Waals surface area contributed by atoms with Crippen LogP contribution in [0.4, 0.5) is 26.3 Å². The first-order chi connectivity index (χ1) is 7.23. The van der Waals surface area contributed by atoms with E-state index in [9.17, 15) is 26.3 Å². The van der Waals surface area contributed by atoms with Crippen molar-refractivity contribution in [1.29, 1.82) is 0 Å². The number of aliphatic hydroxyl groups is 1. The first kappa shape index (κ1) is 12.8. The lowest BCUT2D eigenvalue weighted by atomic mass is 10.1. The number of benzene rings is 1.